The second-order valence-corrected chi connectivity index (χ2v) is 12.9. The van der Waals surface area contributed by atoms with Gasteiger partial charge >= 0.3 is 5.97 Å². The van der Waals surface area contributed by atoms with Crippen LogP contribution in [0.4, 0.5) is 0 Å². The van der Waals surface area contributed by atoms with Crippen molar-refractivity contribution in [3.63, 3.8) is 0 Å². The van der Waals surface area contributed by atoms with E-state index in [0.29, 0.717) is 23.2 Å². The summed E-state index contributed by atoms with van der Waals surface area (Å²) < 4.78 is 0. The van der Waals surface area contributed by atoms with Crippen molar-refractivity contribution in [2.75, 3.05) is 0 Å². The largest absolute Gasteiger partial charge is 0.478 e. The van der Waals surface area contributed by atoms with Crippen LogP contribution in [0.5, 0.6) is 0 Å². The lowest BCUT2D eigenvalue weighted by atomic mass is 9.45. The smallest absolute Gasteiger partial charge is 0.330 e. The van der Waals surface area contributed by atoms with E-state index < -0.39 is 5.97 Å². The first-order valence-corrected chi connectivity index (χ1v) is 13.2. The van der Waals surface area contributed by atoms with E-state index in [-0.39, 0.29) is 21.7 Å². The van der Waals surface area contributed by atoms with Crippen LogP contribution in [0.2, 0.25) is 0 Å². The van der Waals surface area contributed by atoms with Gasteiger partial charge < -0.3 is 5.11 Å². The molecule has 0 saturated heterocycles. The molecular weight excluding hydrogens is 408 g/mol. The molecule has 0 spiro atoms. The van der Waals surface area contributed by atoms with Gasteiger partial charge in [0.2, 0.25) is 0 Å². The fraction of sp³-hybridized carbons (Fsp3) is 0.733. The number of aliphatic carboxylic acids is 1. The van der Waals surface area contributed by atoms with E-state index in [4.69, 9.17) is 5.11 Å². The Balaban J connectivity index is 1.61. The Morgan fingerprint density at radius 3 is 2.52 bits per heavy atom. The van der Waals surface area contributed by atoms with Crippen molar-refractivity contribution in [2.24, 2.45) is 33.5 Å². The molecule has 4 rings (SSSR count). The van der Waals surface area contributed by atoms with Crippen molar-refractivity contribution in [3.8, 4) is 0 Å². The second-order valence-electron chi connectivity index (χ2n) is 12.9. The van der Waals surface area contributed by atoms with Gasteiger partial charge in [0, 0.05) is 17.4 Å². The summed E-state index contributed by atoms with van der Waals surface area (Å²) in [5.74, 6) is 0.637. The van der Waals surface area contributed by atoms with Gasteiger partial charge in [0.15, 0.2) is 0 Å². The molecule has 4 aliphatic rings. The highest BCUT2D eigenvalue weighted by molar-refractivity contribution is 5.86. The number of carbonyl (C=O) groups is 2. The molecule has 3 nitrogen and oxygen atoms in total. The summed E-state index contributed by atoms with van der Waals surface area (Å²) in [6.45, 7) is 15.9. The fourth-order valence-electron chi connectivity index (χ4n) is 8.44. The predicted octanol–water partition coefficient (Wildman–Crippen LogP) is 7.67. The molecule has 1 fully saturated rings. The molecule has 1 N–H and O–H groups in total. The molecule has 0 aromatic carbocycles. The number of carboxylic acids is 1. The minimum Gasteiger partial charge on any atom is -0.478 e. The quantitative estimate of drug-likeness (QED) is 0.435. The summed E-state index contributed by atoms with van der Waals surface area (Å²) in [7, 11) is 0. The number of carboxylic acid groups (broad SMARTS) is 1. The van der Waals surface area contributed by atoms with Crippen molar-refractivity contribution in [2.45, 2.75) is 106 Å². The van der Waals surface area contributed by atoms with Crippen LogP contribution >= 0.6 is 0 Å². The van der Waals surface area contributed by atoms with Crippen molar-refractivity contribution >= 4 is 11.8 Å². The van der Waals surface area contributed by atoms with E-state index in [1.165, 1.54) is 12.8 Å². The first-order chi connectivity index (χ1) is 15.3. The zero-order valence-electron chi connectivity index (χ0n) is 21.9. The highest BCUT2D eigenvalue weighted by Crippen LogP contribution is 2.69. The number of rotatable bonds is 5. The Morgan fingerprint density at radius 1 is 1.15 bits per heavy atom. The van der Waals surface area contributed by atoms with Crippen LogP contribution in [0, 0.1) is 33.5 Å². The number of allylic oxidation sites excluding steroid dienone is 5. The molecule has 0 aromatic heterocycles. The number of ketones is 1. The van der Waals surface area contributed by atoms with E-state index in [0.717, 1.165) is 44.9 Å². The summed E-state index contributed by atoms with van der Waals surface area (Å²) in [4.78, 5) is 23.9. The molecule has 182 valence electrons. The minimum absolute atomic E-state index is 0.164. The Hall–Kier alpha value is -1.64. The molecule has 0 unspecified atom stereocenters. The van der Waals surface area contributed by atoms with Crippen LogP contribution in [-0.4, -0.2) is 16.9 Å². The molecule has 0 aromatic rings. The highest BCUT2D eigenvalue weighted by Gasteiger charge is 2.59. The SMILES string of the molecule is C/C(=C\CC[C@@H](C)[C@]1(C)CC=C2C3=C(CC[C@]21C)[C@@]1(C)CCC(=O)C(C)(C)[C@@H]1CC3)C(=O)O. The molecular formula is C30H44O3. The molecule has 33 heavy (non-hydrogen) atoms. The first-order valence-electron chi connectivity index (χ1n) is 13.2. The van der Waals surface area contributed by atoms with E-state index in [9.17, 15) is 9.59 Å². The standard InChI is InChI=1S/C30H44O3/c1-19(26(32)33)9-8-10-20(2)29(6)17-14-23-21-11-12-24-27(3,4)25(31)15-16-28(24,5)22(21)13-18-30(23,29)7/h9,14,20,24H,8,10-13,15-18H2,1-7H3,(H,32,33)/b19-9+/t20-,24+,28-,29+,30-/m1/s1. The Morgan fingerprint density at radius 2 is 1.85 bits per heavy atom. The summed E-state index contributed by atoms with van der Waals surface area (Å²) in [6.07, 6.45) is 13.8. The number of carbonyl (C=O) groups excluding carboxylic acids is 1. The van der Waals surface area contributed by atoms with Crippen molar-refractivity contribution < 1.29 is 14.7 Å². The van der Waals surface area contributed by atoms with Gasteiger partial charge in [-0.3, -0.25) is 4.79 Å². The Bertz CT molecular complexity index is 963. The van der Waals surface area contributed by atoms with Crippen molar-refractivity contribution in [1.82, 2.24) is 0 Å². The van der Waals surface area contributed by atoms with Gasteiger partial charge in [-0.25, -0.2) is 4.79 Å². The summed E-state index contributed by atoms with van der Waals surface area (Å²) in [5.41, 5.74) is 5.73. The van der Waals surface area contributed by atoms with Gasteiger partial charge in [-0.05, 0) is 97.5 Å². The van der Waals surface area contributed by atoms with Crippen LogP contribution in [0.1, 0.15) is 106 Å². The molecule has 0 amide bonds. The minimum atomic E-state index is -0.811. The summed E-state index contributed by atoms with van der Waals surface area (Å²) in [5, 5.41) is 9.16. The third-order valence-corrected chi connectivity index (χ3v) is 11.2. The lowest BCUT2D eigenvalue weighted by molar-refractivity contribution is -0.139. The first kappa shape index (κ1) is 24.5. The normalized spacial score (nSPS) is 38.9. The monoisotopic (exact) mass is 452 g/mol. The van der Waals surface area contributed by atoms with Crippen molar-refractivity contribution in [1.29, 1.82) is 0 Å². The molecule has 0 aliphatic heterocycles. The van der Waals surface area contributed by atoms with Crippen LogP contribution in [0.25, 0.3) is 0 Å². The maximum atomic E-state index is 12.8. The number of fused-ring (bicyclic) bond motifs is 4. The molecule has 0 radical (unpaired) electrons. The Kier molecular flexibility index (Phi) is 5.90. The molecule has 1 saturated carbocycles. The van der Waals surface area contributed by atoms with Gasteiger partial charge in [0.1, 0.15) is 5.78 Å². The van der Waals surface area contributed by atoms with Gasteiger partial charge in [-0.15, -0.1) is 0 Å². The number of hydrogen-bond acceptors (Lipinski definition) is 2. The predicted molar refractivity (Wildman–Crippen MR) is 134 cm³/mol. The number of Topliss-reactive ketones (excluding diaryl/α,β-unsaturated/α-hetero) is 1. The van der Waals surface area contributed by atoms with Crippen LogP contribution in [0.15, 0.2) is 34.4 Å². The Labute approximate surface area is 200 Å². The van der Waals surface area contributed by atoms with E-state index in [1.54, 1.807) is 23.6 Å². The average Bonchev–Trinajstić information content (AvgIpc) is 3.03. The third-order valence-electron chi connectivity index (χ3n) is 11.2. The zero-order valence-corrected chi connectivity index (χ0v) is 21.9. The maximum absolute atomic E-state index is 12.8. The lowest BCUT2D eigenvalue weighted by Gasteiger charge is -2.58. The van der Waals surface area contributed by atoms with E-state index in [2.05, 4.69) is 47.6 Å². The van der Waals surface area contributed by atoms with Crippen molar-refractivity contribution in [3.05, 3.63) is 34.4 Å². The highest BCUT2D eigenvalue weighted by atomic mass is 16.4. The average molecular weight is 453 g/mol. The molecule has 5 atom stereocenters. The zero-order chi connectivity index (χ0) is 24.4. The number of hydrogen-bond donors (Lipinski definition) is 1. The van der Waals surface area contributed by atoms with Crippen LogP contribution in [-0.2, 0) is 9.59 Å². The molecule has 4 aliphatic carbocycles. The van der Waals surface area contributed by atoms with Crippen LogP contribution < -0.4 is 0 Å². The second kappa shape index (κ2) is 7.95. The van der Waals surface area contributed by atoms with E-state index in [1.807, 2.05) is 6.08 Å². The van der Waals surface area contributed by atoms with Gasteiger partial charge in [0.05, 0.1) is 0 Å². The molecule has 0 heterocycles. The van der Waals surface area contributed by atoms with Gasteiger partial charge in [-0.1, -0.05) is 59.3 Å². The third kappa shape index (κ3) is 3.43. The van der Waals surface area contributed by atoms with E-state index >= 15 is 0 Å². The maximum Gasteiger partial charge on any atom is 0.330 e. The topological polar surface area (TPSA) is 54.4 Å². The van der Waals surface area contributed by atoms with Crippen LogP contribution in [0.3, 0.4) is 0 Å². The lowest BCUT2D eigenvalue weighted by Crippen LogP contribution is -2.52. The summed E-state index contributed by atoms with van der Waals surface area (Å²) in [6, 6.07) is 0. The molecule has 3 heteroatoms. The molecule has 0 bridgehead atoms. The van der Waals surface area contributed by atoms with Gasteiger partial charge in [-0.2, -0.15) is 0 Å². The fourth-order valence-corrected chi connectivity index (χ4v) is 8.44. The summed E-state index contributed by atoms with van der Waals surface area (Å²) >= 11 is 0. The van der Waals surface area contributed by atoms with Gasteiger partial charge in [0.25, 0.3) is 0 Å².